The van der Waals surface area contributed by atoms with E-state index in [2.05, 4.69) is 5.32 Å². The van der Waals surface area contributed by atoms with Gasteiger partial charge in [-0.15, -0.1) is 0 Å². The van der Waals surface area contributed by atoms with Crippen molar-refractivity contribution in [1.82, 2.24) is 10.2 Å². The topological polar surface area (TPSA) is 15.3 Å². The molecule has 0 radical (unpaired) electrons. The Morgan fingerprint density at radius 3 is 2.44 bits per heavy atom. The van der Waals surface area contributed by atoms with E-state index in [1.807, 2.05) is 0 Å². The van der Waals surface area contributed by atoms with E-state index in [4.69, 9.17) is 0 Å². The molecule has 1 atom stereocenters. The van der Waals surface area contributed by atoms with Crippen molar-refractivity contribution >= 4 is 0 Å². The summed E-state index contributed by atoms with van der Waals surface area (Å²) in [5, 5.41) is 3.54. The maximum atomic E-state index is 12.3. The van der Waals surface area contributed by atoms with E-state index >= 15 is 0 Å². The zero-order valence-corrected chi connectivity index (χ0v) is 10.8. The van der Waals surface area contributed by atoms with Crippen molar-refractivity contribution in [2.24, 2.45) is 5.92 Å². The van der Waals surface area contributed by atoms with Crippen LogP contribution in [-0.4, -0.2) is 43.3 Å². The number of nitrogens with zero attached hydrogens (tertiary/aromatic N) is 1. The SMILES string of the molecule is FC(F)(F)CN1CCC(CNC2CCCCC2)C1. The van der Waals surface area contributed by atoms with Gasteiger partial charge >= 0.3 is 6.18 Å². The Labute approximate surface area is 107 Å². The molecule has 1 saturated heterocycles. The summed E-state index contributed by atoms with van der Waals surface area (Å²) in [5.41, 5.74) is 0. The molecule has 0 aromatic rings. The van der Waals surface area contributed by atoms with Gasteiger partial charge in [0.2, 0.25) is 0 Å². The number of alkyl halides is 3. The lowest BCUT2D eigenvalue weighted by molar-refractivity contribution is -0.143. The molecule has 106 valence electrons. The Balaban J connectivity index is 1.63. The lowest BCUT2D eigenvalue weighted by atomic mass is 9.95. The van der Waals surface area contributed by atoms with Crippen molar-refractivity contribution in [3.63, 3.8) is 0 Å². The van der Waals surface area contributed by atoms with Gasteiger partial charge in [0.1, 0.15) is 0 Å². The van der Waals surface area contributed by atoms with E-state index in [0.717, 1.165) is 13.0 Å². The number of rotatable bonds is 4. The van der Waals surface area contributed by atoms with Crippen molar-refractivity contribution in [2.75, 3.05) is 26.2 Å². The third kappa shape index (κ3) is 4.76. The normalized spacial score (nSPS) is 27.8. The van der Waals surface area contributed by atoms with E-state index < -0.39 is 12.7 Å². The molecule has 0 amide bonds. The maximum absolute atomic E-state index is 12.3. The maximum Gasteiger partial charge on any atom is 0.401 e. The average Bonchev–Trinajstić information content (AvgIpc) is 2.73. The molecule has 1 aliphatic heterocycles. The highest BCUT2D eigenvalue weighted by Crippen LogP contribution is 2.23. The van der Waals surface area contributed by atoms with E-state index in [-0.39, 0.29) is 0 Å². The molecular weight excluding hydrogens is 241 g/mol. The number of likely N-dealkylation sites (tertiary alicyclic amines) is 1. The summed E-state index contributed by atoms with van der Waals surface area (Å²) in [6.07, 6.45) is 3.24. The quantitative estimate of drug-likeness (QED) is 0.840. The molecule has 1 aliphatic carbocycles. The molecule has 2 rings (SSSR count). The van der Waals surface area contributed by atoms with Crippen LogP contribution >= 0.6 is 0 Å². The van der Waals surface area contributed by atoms with Crippen LogP contribution in [0, 0.1) is 5.92 Å². The Kier molecular flexibility index (Phi) is 4.90. The Bertz CT molecular complexity index is 249. The van der Waals surface area contributed by atoms with Gasteiger partial charge in [0.15, 0.2) is 0 Å². The standard InChI is InChI=1S/C13H23F3N2/c14-13(15,16)10-18-7-6-11(9-18)8-17-12-4-2-1-3-5-12/h11-12,17H,1-10H2. The average molecular weight is 264 g/mol. The van der Waals surface area contributed by atoms with Crippen molar-refractivity contribution in [3.05, 3.63) is 0 Å². The summed E-state index contributed by atoms with van der Waals surface area (Å²) in [5.74, 6) is 0.397. The van der Waals surface area contributed by atoms with Crippen LogP contribution in [0.2, 0.25) is 0 Å². The van der Waals surface area contributed by atoms with Crippen LogP contribution in [0.3, 0.4) is 0 Å². The van der Waals surface area contributed by atoms with Crippen molar-refractivity contribution in [1.29, 1.82) is 0 Å². The summed E-state index contributed by atoms with van der Waals surface area (Å²) in [6.45, 7) is 1.34. The van der Waals surface area contributed by atoms with Gasteiger partial charge in [-0.1, -0.05) is 19.3 Å². The fourth-order valence-corrected chi connectivity index (χ4v) is 3.12. The molecule has 2 nitrogen and oxygen atoms in total. The summed E-state index contributed by atoms with van der Waals surface area (Å²) >= 11 is 0. The predicted molar refractivity (Wildman–Crippen MR) is 65.5 cm³/mol. The first-order valence-electron chi connectivity index (χ1n) is 7.05. The molecule has 2 aliphatic rings. The van der Waals surface area contributed by atoms with Crippen LogP contribution < -0.4 is 5.32 Å². The van der Waals surface area contributed by atoms with Crippen molar-refractivity contribution in [2.45, 2.75) is 50.7 Å². The number of hydrogen-bond acceptors (Lipinski definition) is 2. The Morgan fingerprint density at radius 2 is 1.78 bits per heavy atom. The summed E-state index contributed by atoms with van der Waals surface area (Å²) < 4.78 is 36.8. The lowest BCUT2D eigenvalue weighted by Crippen LogP contribution is -2.37. The molecule has 0 bridgehead atoms. The first-order valence-corrected chi connectivity index (χ1v) is 7.05. The van der Waals surface area contributed by atoms with Crippen molar-refractivity contribution in [3.8, 4) is 0 Å². The van der Waals surface area contributed by atoms with Gasteiger partial charge < -0.3 is 5.32 Å². The molecule has 1 N–H and O–H groups in total. The molecule has 0 aromatic heterocycles. The molecule has 1 unspecified atom stereocenters. The molecule has 0 aromatic carbocycles. The van der Waals surface area contributed by atoms with Gasteiger partial charge in [0.05, 0.1) is 6.54 Å². The summed E-state index contributed by atoms with van der Waals surface area (Å²) in [6, 6.07) is 0.607. The second-order valence-electron chi connectivity index (χ2n) is 5.75. The number of halogens is 3. The highest BCUT2D eigenvalue weighted by atomic mass is 19.4. The first-order chi connectivity index (χ1) is 8.53. The van der Waals surface area contributed by atoms with E-state index in [9.17, 15) is 13.2 Å². The molecule has 1 heterocycles. The lowest BCUT2D eigenvalue weighted by Gasteiger charge is -2.24. The zero-order chi connectivity index (χ0) is 13.0. The minimum absolute atomic E-state index is 0.397. The van der Waals surface area contributed by atoms with Gasteiger partial charge in [0, 0.05) is 12.6 Å². The predicted octanol–water partition coefficient (Wildman–Crippen LogP) is 2.79. The smallest absolute Gasteiger partial charge is 0.314 e. The van der Waals surface area contributed by atoms with Crippen LogP contribution in [0.5, 0.6) is 0 Å². The number of nitrogens with one attached hydrogen (secondary N) is 1. The fraction of sp³-hybridized carbons (Fsp3) is 1.00. The first kappa shape index (κ1) is 14.1. The largest absolute Gasteiger partial charge is 0.401 e. The molecule has 5 heteroatoms. The van der Waals surface area contributed by atoms with Crippen LogP contribution in [0.15, 0.2) is 0 Å². The molecule has 0 spiro atoms. The van der Waals surface area contributed by atoms with Crippen LogP contribution in [0.1, 0.15) is 38.5 Å². The van der Waals surface area contributed by atoms with Gasteiger partial charge in [-0.05, 0) is 38.3 Å². The van der Waals surface area contributed by atoms with Crippen molar-refractivity contribution < 1.29 is 13.2 Å². The zero-order valence-electron chi connectivity index (χ0n) is 10.8. The Hall–Kier alpha value is -0.290. The monoisotopic (exact) mass is 264 g/mol. The summed E-state index contributed by atoms with van der Waals surface area (Å²) in [4.78, 5) is 1.53. The number of hydrogen-bond donors (Lipinski definition) is 1. The van der Waals surface area contributed by atoms with Crippen LogP contribution in [0.4, 0.5) is 13.2 Å². The van der Waals surface area contributed by atoms with Gasteiger partial charge in [-0.25, -0.2) is 0 Å². The fourth-order valence-electron chi connectivity index (χ4n) is 3.12. The molecule has 18 heavy (non-hydrogen) atoms. The van der Waals surface area contributed by atoms with Crippen LogP contribution in [-0.2, 0) is 0 Å². The van der Waals surface area contributed by atoms with Gasteiger partial charge in [-0.3, -0.25) is 4.90 Å². The van der Waals surface area contributed by atoms with E-state index in [1.165, 1.54) is 37.0 Å². The third-order valence-corrected chi connectivity index (χ3v) is 4.07. The second kappa shape index (κ2) is 6.24. The van der Waals surface area contributed by atoms with Gasteiger partial charge in [0.25, 0.3) is 0 Å². The molecule has 1 saturated carbocycles. The minimum atomic E-state index is -4.05. The molecule has 2 fully saturated rings. The third-order valence-electron chi connectivity index (χ3n) is 4.07. The summed E-state index contributed by atoms with van der Waals surface area (Å²) in [7, 11) is 0. The highest BCUT2D eigenvalue weighted by molar-refractivity contribution is 4.81. The van der Waals surface area contributed by atoms with E-state index in [1.54, 1.807) is 0 Å². The second-order valence-corrected chi connectivity index (χ2v) is 5.75. The Morgan fingerprint density at radius 1 is 1.06 bits per heavy atom. The minimum Gasteiger partial charge on any atom is -0.314 e. The van der Waals surface area contributed by atoms with E-state index in [0.29, 0.717) is 25.0 Å². The van der Waals surface area contributed by atoms with Gasteiger partial charge in [-0.2, -0.15) is 13.2 Å². The van der Waals surface area contributed by atoms with Crippen LogP contribution in [0.25, 0.3) is 0 Å². The molecular formula is C13H23F3N2. The highest BCUT2D eigenvalue weighted by Gasteiger charge is 2.34.